The van der Waals surface area contributed by atoms with E-state index in [0.717, 1.165) is 25.7 Å². The van der Waals surface area contributed by atoms with E-state index in [0.29, 0.717) is 12.0 Å². The second kappa shape index (κ2) is 4.56. The van der Waals surface area contributed by atoms with Gasteiger partial charge in [-0.05, 0) is 42.6 Å². The third-order valence-corrected chi connectivity index (χ3v) is 8.47. The third kappa shape index (κ3) is 1.55. The van der Waals surface area contributed by atoms with Crippen molar-refractivity contribution in [3.8, 4) is 0 Å². The number of rotatable bonds is 0. The molecule has 2 heterocycles. The molecule has 5 fully saturated rings. The van der Waals surface area contributed by atoms with Crippen molar-refractivity contribution in [3.63, 3.8) is 0 Å². The smallest absolute Gasteiger partial charge is 0.197 e. The Labute approximate surface area is 148 Å². The minimum absolute atomic E-state index is 0.123. The number of aliphatic hydroxyl groups is 3. The number of ketones is 1. The van der Waals surface area contributed by atoms with Gasteiger partial charge in [-0.15, -0.1) is 0 Å². The van der Waals surface area contributed by atoms with Gasteiger partial charge in [0, 0.05) is 17.8 Å². The molecule has 2 saturated heterocycles. The van der Waals surface area contributed by atoms with Crippen LogP contribution in [0.15, 0.2) is 12.2 Å². The van der Waals surface area contributed by atoms with Crippen molar-refractivity contribution in [2.75, 3.05) is 0 Å². The molecule has 1 spiro atoms. The molecule has 3 N–H and O–H groups in total. The predicted molar refractivity (Wildman–Crippen MR) is 89.2 cm³/mol. The van der Waals surface area contributed by atoms with Gasteiger partial charge in [-0.1, -0.05) is 26.8 Å². The Bertz CT molecular complexity index is 671. The summed E-state index contributed by atoms with van der Waals surface area (Å²) in [4.78, 5) is 13.2. The molecule has 3 aliphatic carbocycles. The highest BCUT2D eigenvalue weighted by Gasteiger charge is 2.80. The second-order valence-electron chi connectivity index (χ2n) is 9.78. The molecule has 5 heteroatoms. The van der Waals surface area contributed by atoms with E-state index in [4.69, 9.17) is 4.74 Å². The molecule has 25 heavy (non-hydrogen) atoms. The monoisotopic (exact) mass is 348 g/mol. The fourth-order valence-electron chi connectivity index (χ4n) is 7.60. The molecule has 2 aliphatic heterocycles. The quantitative estimate of drug-likeness (QED) is 0.576. The first-order chi connectivity index (χ1) is 11.7. The number of carbonyl (C=O) groups is 1. The molecule has 0 amide bonds. The van der Waals surface area contributed by atoms with Gasteiger partial charge in [-0.25, -0.2) is 0 Å². The SMILES string of the molecule is C=C1C(=O)[C@]23[C@H](O)[C@H]1CC[C@@H]2[C@@H]1O[C@@](O)([C@H]2[C@@H]1CCCC2(C)C)[C@@H]3O. The van der Waals surface area contributed by atoms with Crippen LogP contribution in [-0.4, -0.2) is 45.2 Å². The molecule has 0 aromatic rings. The minimum atomic E-state index is -1.76. The summed E-state index contributed by atoms with van der Waals surface area (Å²) in [6.07, 6.45) is 1.74. The summed E-state index contributed by atoms with van der Waals surface area (Å²) in [6.45, 7) is 8.16. The number of hydrogen-bond acceptors (Lipinski definition) is 5. The number of ether oxygens (including phenoxy) is 1. The first-order valence-electron chi connectivity index (χ1n) is 9.67. The van der Waals surface area contributed by atoms with Gasteiger partial charge in [0.05, 0.1) is 17.6 Å². The molecule has 9 atom stereocenters. The van der Waals surface area contributed by atoms with Crippen LogP contribution in [0, 0.1) is 34.5 Å². The molecule has 5 rings (SSSR count). The highest BCUT2D eigenvalue weighted by molar-refractivity contribution is 6.04. The number of fused-ring (bicyclic) bond motifs is 7. The maximum atomic E-state index is 13.2. The second-order valence-corrected chi connectivity index (χ2v) is 9.78. The summed E-state index contributed by atoms with van der Waals surface area (Å²) in [5.41, 5.74) is -1.10. The van der Waals surface area contributed by atoms with Crippen molar-refractivity contribution in [2.24, 2.45) is 34.5 Å². The van der Waals surface area contributed by atoms with Crippen LogP contribution >= 0.6 is 0 Å². The molecule has 3 saturated carbocycles. The lowest BCUT2D eigenvalue weighted by atomic mass is 9.58. The van der Waals surface area contributed by atoms with E-state index in [1.165, 1.54) is 0 Å². The third-order valence-electron chi connectivity index (χ3n) is 8.47. The summed E-state index contributed by atoms with van der Waals surface area (Å²) in [7, 11) is 0. The Morgan fingerprint density at radius 3 is 2.64 bits per heavy atom. The number of Topliss-reactive ketones (excluding diaryl/α,β-unsaturated/α-hetero) is 1. The lowest BCUT2D eigenvalue weighted by Crippen LogP contribution is -2.69. The normalized spacial score (nSPS) is 58.8. The fraction of sp³-hybridized carbons (Fsp3) is 0.850. The lowest BCUT2D eigenvalue weighted by Gasteiger charge is -2.55. The van der Waals surface area contributed by atoms with Crippen LogP contribution in [0.25, 0.3) is 0 Å². The van der Waals surface area contributed by atoms with Crippen LogP contribution < -0.4 is 0 Å². The van der Waals surface area contributed by atoms with E-state index in [2.05, 4.69) is 20.4 Å². The Balaban J connectivity index is 1.72. The van der Waals surface area contributed by atoms with Crippen LogP contribution in [0.2, 0.25) is 0 Å². The van der Waals surface area contributed by atoms with Crippen LogP contribution in [0.4, 0.5) is 0 Å². The first kappa shape index (κ1) is 16.4. The van der Waals surface area contributed by atoms with Gasteiger partial charge in [-0.2, -0.15) is 0 Å². The van der Waals surface area contributed by atoms with Gasteiger partial charge >= 0.3 is 0 Å². The molecule has 0 aromatic carbocycles. The summed E-state index contributed by atoms with van der Waals surface area (Å²) >= 11 is 0. The lowest BCUT2D eigenvalue weighted by molar-refractivity contribution is -0.347. The van der Waals surface area contributed by atoms with Gasteiger partial charge < -0.3 is 20.1 Å². The van der Waals surface area contributed by atoms with Gasteiger partial charge in [0.25, 0.3) is 0 Å². The molecule has 0 unspecified atom stereocenters. The Hall–Kier alpha value is -0.750. The molecule has 5 nitrogen and oxygen atoms in total. The van der Waals surface area contributed by atoms with E-state index >= 15 is 0 Å². The van der Waals surface area contributed by atoms with Crippen molar-refractivity contribution in [1.29, 1.82) is 0 Å². The zero-order valence-corrected chi connectivity index (χ0v) is 14.9. The highest BCUT2D eigenvalue weighted by Crippen LogP contribution is 2.70. The summed E-state index contributed by atoms with van der Waals surface area (Å²) in [5.74, 6) is -2.65. The first-order valence-corrected chi connectivity index (χ1v) is 9.67. The van der Waals surface area contributed by atoms with E-state index in [1.54, 1.807) is 0 Å². The molecular formula is C20H28O5. The van der Waals surface area contributed by atoms with Gasteiger partial charge in [0.1, 0.15) is 6.10 Å². The Morgan fingerprint density at radius 1 is 1.20 bits per heavy atom. The standard InChI is InChI=1S/C20H28O5/c1-9-10-6-7-12-13-11-5-4-8-18(2,3)14(11)20(24,25-13)17(23)19(12,15(9)21)16(10)22/h10-14,16-17,22-24H,1,4-8H2,2-3H3/t10-,11+,12+,13+,14-,16+,17+,19-,20-/m0/s1. The molecule has 138 valence electrons. The van der Waals surface area contributed by atoms with Crippen LogP contribution in [0.3, 0.4) is 0 Å². The number of hydrogen-bond donors (Lipinski definition) is 3. The van der Waals surface area contributed by atoms with E-state index in [9.17, 15) is 20.1 Å². The topological polar surface area (TPSA) is 87.0 Å². The zero-order chi connectivity index (χ0) is 17.9. The van der Waals surface area contributed by atoms with Crippen LogP contribution in [-0.2, 0) is 9.53 Å². The van der Waals surface area contributed by atoms with E-state index in [-0.39, 0.29) is 41.0 Å². The van der Waals surface area contributed by atoms with E-state index < -0.39 is 23.4 Å². The van der Waals surface area contributed by atoms with E-state index in [1.807, 2.05) is 0 Å². The fourth-order valence-corrected chi connectivity index (χ4v) is 7.60. The average molecular weight is 348 g/mol. The maximum Gasteiger partial charge on any atom is 0.197 e. The van der Waals surface area contributed by atoms with Gasteiger partial charge in [0.2, 0.25) is 0 Å². The highest BCUT2D eigenvalue weighted by atomic mass is 16.7. The summed E-state index contributed by atoms with van der Waals surface area (Å²) in [6, 6.07) is 0. The van der Waals surface area contributed by atoms with Crippen molar-refractivity contribution in [1.82, 2.24) is 0 Å². The number of aliphatic hydroxyl groups excluding tert-OH is 2. The largest absolute Gasteiger partial charge is 0.391 e. The maximum absolute atomic E-state index is 13.2. The van der Waals surface area contributed by atoms with Crippen LogP contribution in [0.1, 0.15) is 46.0 Å². The van der Waals surface area contributed by atoms with Crippen molar-refractivity contribution in [2.45, 2.75) is 70.1 Å². The van der Waals surface area contributed by atoms with Crippen molar-refractivity contribution < 1.29 is 24.9 Å². The van der Waals surface area contributed by atoms with Crippen molar-refractivity contribution >= 4 is 5.78 Å². The summed E-state index contributed by atoms with van der Waals surface area (Å²) in [5, 5.41) is 33.9. The minimum Gasteiger partial charge on any atom is -0.391 e. The van der Waals surface area contributed by atoms with Crippen molar-refractivity contribution in [3.05, 3.63) is 12.2 Å². The predicted octanol–water partition coefficient (Wildman–Crippen LogP) is 1.40. The van der Waals surface area contributed by atoms with Gasteiger partial charge in [-0.3, -0.25) is 4.79 Å². The molecule has 5 aliphatic rings. The van der Waals surface area contributed by atoms with Crippen LogP contribution in [0.5, 0.6) is 0 Å². The van der Waals surface area contributed by atoms with Gasteiger partial charge in [0.15, 0.2) is 11.6 Å². The summed E-state index contributed by atoms with van der Waals surface area (Å²) < 4.78 is 6.14. The Kier molecular flexibility index (Phi) is 2.99. The average Bonchev–Trinajstić information content (AvgIpc) is 2.88. The molecule has 4 bridgehead atoms. The zero-order valence-electron chi connectivity index (χ0n) is 14.9. The number of carbonyl (C=O) groups excluding carboxylic acids is 1. The Morgan fingerprint density at radius 2 is 1.92 bits per heavy atom. The molecular weight excluding hydrogens is 320 g/mol. The molecule has 0 aromatic heterocycles. The molecule has 0 radical (unpaired) electrons.